The van der Waals surface area contributed by atoms with Crippen LogP contribution in [0.2, 0.25) is 5.02 Å². The van der Waals surface area contributed by atoms with E-state index in [0.29, 0.717) is 22.4 Å². The van der Waals surface area contributed by atoms with Gasteiger partial charge in [-0.1, -0.05) is 35.5 Å². The molecule has 146 valence electrons. The number of halogens is 1. The fourth-order valence-electron chi connectivity index (χ4n) is 3.47. The van der Waals surface area contributed by atoms with Gasteiger partial charge in [-0.25, -0.2) is 13.4 Å². The highest BCUT2D eigenvalue weighted by molar-refractivity contribution is 8.14. The minimum atomic E-state index is -3.28. The molecule has 0 amide bonds. The van der Waals surface area contributed by atoms with E-state index in [9.17, 15) is 8.42 Å². The van der Waals surface area contributed by atoms with Crippen LogP contribution in [0.15, 0.2) is 52.6 Å². The molecule has 6 nitrogen and oxygen atoms in total. The number of nitrogens with zero attached hydrogens (tertiary/aromatic N) is 3. The summed E-state index contributed by atoms with van der Waals surface area (Å²) < 4.78 is 25.6. The van der Waals surface area contributed by atoms with Crippen molar-refractivity contribution < 1.29 is 8.42 Å². The number of rotatable bonds is 3. The van der Waals surface area contributed by atoms with Crippen LogP contribution >= 0.6 is 23.4 Å². The van der Waals surface area contributed by atoms with Crippen LogP contribution < -0.4 is 9.73 Å². The van der Waals surface area contributed by atoms with E-state index in [2.05, 4.69) is 15.5 Å². The summed E-state index contributed by atoms with van der Waals surface area (Å²) in [5.41, 5.74) is 7.46. The number of fused-ring (bicyclic) bond motifs is 1. The summed E-state index contributed by atoms with van der Waals surface area (Å²) in [6.07, 6.45) is 1.95. The Kier molecular flexibility index (Phi) is 5.11. The fraction of sp³-hybridized carbons (Fsp3) is 0.263. The number of hydrazone groups is 1. The molecule has 0 unspecified atom stereocenters. The lowest BCUT2D eigenvalue weighted by molar-refractivity contribution is 0.590. The molecule has 0 spiro atoms. The van der Waals surface area contributed by atoms with Crippen molar-refractivity contribution >= 4 is 55.6 Å². The first-order chi connectivity index (χ1) is 13.3. The number of thioether (sulfide) groups is 1. The molecule has 0 bridgehead atoms. The zero-order chi connectivity index (χ0) is 19.9. The Morgan fingerprint density at radius 3 is 2.79 bits per heavy atom. The van der Waals surface area contributed by atoms with Gasteiger partial charge >= 0.3 is 0 Å². The molecule has 28 heavy (non-hydrogen) atoms. The van der Waals surface area contributed by atoms with Crippen LogP contribution in [0.25, 0.3) is 0 Å². The highest BCUT2D eigenvalue weighted by Crippen LogP contribution is 2.35. The van der Waals surface area contributed by atoms with Gasteiger partial charge in [-0.05, 0) is 54.8 Å². The van der Waals surface area contributed by atoms with Gasteiger partial charge in [-0.15, -0.1) is 0 Å². The van der Waals surface area contributed by atoms with Crippen molar-refractivity contribution in [2.24, 2.45) is 10.1 Å². The van der Waals surface area contributed by atoms with Crippen molar-refractivity contribution in [2.75, 3.05) is 16.3 Å². The molecule has 9 heteroatoms. The van der Waals surface area contributed by atoms with Gasteiger partial charge in [0.1, 0.15) is 0 Å². The number of anilines is 1. The first-order valence-electron chi connectivity index (χ1n) is 8.73. The molecule has 2 aliphatic heterocycles. The third-order valence-corrected chi connectivity index (χ3v) is 6.97. The van der Waals surface area contributed by atoms with E-state index in [1.807, 2.05) is 43.3 Å². The third kappa shape index (κ3) is 3.90. The number of sulfonamides is 1. The van der Waals surface area contributed by atoms with Gasteiger partial charge in [0.05, 0.1) is 23.3 Å². The van der Waals surface area contributed by atoms with Gasteiger partial charge in [0.15, 0.2) is 5.17 Å². The van der Waals surface area contributed by atoms with Crippen molar-refractivity contribution in [2.45, 2.75) is 19.4 Å². The summed E-state index contributed by atoms with van der Waals surface area (Å²) in [6, 6.07) is 13.1. The first-order valence-corrected chi connectivity index (χ1v) is 11.9. The average molecular weight is 435 g/mol. The lowest BCUT2D eigenvalue weighted by Crippen LogP contribution is -2.34. The van der Waals surface area contributed by atoms with Crippen molar-refractivity contribution in [3.05, 3.63) is 58.6 Å². The van der Waals surface area contributed by atoms with Crippen LogP contribution in [0.4, 0.5) is 11.4 Å². The predicted molar refractivity (Wildman–Crippen MR) is 118 cm³/mol. The van der Waals surface area contributed by atoms with Crippen molar-refractivity contribution in [3.63, 3.8) is 0 Å². The molecule has 2 aromatic carbocycles. The Labute approximate surface area is 173 Å². The number of hydrogen-bond donors (Lipinski definition) is 1. The molecule has 0 saturated carbocycles. The molecule has 0 radical (unpaired) electrons. The van der Waals surface area contributed by atoms with Gasteiger partial charge in [0, 0.05) is 16.8 Å². The minimum Gasteiger partial charge on any atom is -0.267 e. The Balaban J connectivity index is 1.56. The van der Waals surface area contributed by atoms with Crippen LogP contribution in [0.1, 0.15) is 18.1 Å². The lowest BCUT2D eigenvalue weighted by atomic mass is 10.0. The molecule has 2 aromatic rings. The second-order valence-electron chi connectivity index (χ2n) is 6.81. The topological polar surface area (TPSA) is 74.1 Å². The van der Waals surface area contributed by atoms with Gasteiger partial charge in [-0.3, -0.25) is 9.73 Å². The highest BCUT2D eigenvalue weighted by Gasteiger charge is 2.32. The lowest BCUT2D eigenvalue weighted by Gasteiger charge is -2.22. The molecule has 0 saturated heterocycles. The maximum absolute atomic E-state index is 12.1. The molecule has 0 fully saturated rings. The maximum Gasteiger partial charge on any atom is 0.232 e. The quantitative estimate of drug-likeness (QED) is 0.797. The van der Waals surface area contributed by atoms with Crippen LogP contribution in [-0.2, 0) is 16.4 Å². The minimum absolute atomic E-state index is 0.0718. The Hall–Kier alpha value is -2.03. The molecular formula is C19H19ClN4O2S2. The number of benzene rings is 2. The van der Waals surface area contributed by atoms with Crippen LogP contribution in [0.5, 0.6) is 0 Å². The number of aliphatic imine (C=N–C) groups is 1. The van der Waals surface area contributed by atoms with E-state index in [0.717, 1.165) is 28.2 Å². The molecule has 2 aliphatic rings. The van der Waals surface area contributed by atoms with E-state index < -0.39 is 10.0 Å². The molecule has 2 heterocycles. The number of nitrogens with one attached hydrogen (secondary N) is 1. The largest absolute Gasteiger partial charge is 0.267 e. The predicted octanol–water partition coefficient (Wildman–Crippen LogP) is 3.78. The van der Waals surface area contributed by atoms with Gasteiger partial charge in [-0.2, -0.15) is 5.10 Å². The van der Waals surface area contributed by atoms with E-state index >= 15 is 0 Å². The van der Waals surface area contributed by atoms with E-state index in [4.69, 9.17) is 11.6 Å². The van der Waals surface area contributed by atoms with Gasteiger partial charge < -0.3 is 0 Å². The molecule has 0 aliphatic carbocycles. The van der Waals surface area contributed by atoms with E-state index in [1.165, 1.54) is 10.6 Å². The standard InChI is InChI=1S/C19H19ClN4O2S2/c1-12-8-14-9-13(6-7-18(14)24(12)28(2,25)26)17-11-27-19(23-22-17)21-16-5-3-4-15(20)10-16/h3-7,9-10,12H,8,11H2,1-2H3,(H,21,23)/t12-/m0/s1. The van der Waals surface area contributed by atoms with Gasteiger partial charge in [0.2, 0.25) is 10.0 Å². The van der Waals surface area contributed by atoms with Crippen molar-refractivity contribution in [1.29, 1.82) is 0 Å². The summed E-state index contributed by atoms with van der Waals surface area (Å²) in [5, 5.41) is 5.82. The van der Waals surface area contributed by atoms with Crippen molar-refractivity contribution in [1.82, 2.24) is 5.43 Å². The summed E-state index contributed by atoms with van der Waals surface area (Å²) in [6.45, 7) is 1.93. The average Bonchev–Trinajstić information content (AvgIpc) is 2.97. The van der Waals surface area contributed by atoms with E-state index in [-0.39, 0.29) is 6.04 Å². The maximum atomic E-state index is 12.1. The normalized spacial score (nSPS) is 20.7. The summed E-state index contributed by atoms with van der Waals surface area (Å²) in [5.74, 6) is 0.677. The smallest absolute Gasteiger partial charge is 0.232 e. The second kappa shape index (κ2) is 7.42. The molecule has 1 N–H and O–H groups in total. The number of amidine groups is 1. The van der Waals surface area contributed by atoms with Gasteiger partial charge in [0.25, 0.3) is 0 Å². The Morgan fingerprint density at radius 1 is 1.29 bits per heavy atom. The fourth-order valence-corrected chi connectivity index (χ4v) is 5.71. The van der Waals surface area contributed by atoms with Crippen molar-refractivity contribution in [3.8, 4) is 0 Å². The van der Waals surface area contributed by atoms with Crippen LogP contribution in [0, 0.1) is 0 Å². The molecule has 0 aromatic heterocycles. The molecule has 1 atom stereocenters. The number of hydrogen-bond acceptors (Lipinski definition) is 5. The third-order valence-electron chi connectivity index (χ3n) is 4.59. The summed E-state index contributed by atoms with van der Waals surface area (Å²) >= 11 is 7.56. The van der Waals surface area contributed by atoms with Crippen LogP contribution in [-0.4, -0.2) is 37.3 Å². The van der Waals surface area contributed by atoms with Crippen LogP contribution in [0.3, 0.4) is 0 Å². The summed E-state index contributed by atoms with van der Waals surface area (Å²) in [4.78, 5) is 4.52. The summed E-state index contributed by atoms with van der Waals surface area (Å²) in [7, 11) is -3.28. The zero-order valence-electron chi connectivity index (χ0n) is 15.4. The SMILES string of the molecule is C[C@H]1Cc2cc(C3=NNC(=Nc4cccc(Cl)c4)SC3)ccc2N1S(C)(=O)=O. The molecular weight excluding hydrogens is 416 g/mol. The van der Waals surface area contributed by atoms with E-state index in [1.54, 1.807) is 17.8 Å². The highest BCUT2D eigenvalue weighted by atomic mass is 35.5. The zero-order valence-corrected chi connectivity index (χ0v) is 17.8. The monoisotopic (exact) mass is 434 g/mol. The Bertz CT molecular complexity index is 1100. The Morgan fingerprint density at radius 2 is 2.11 bits per heavy atom. The first kappa shape index (κ1) is 19.3. The molecule has 4 rings (SSSR count). The second-order valence-corrected chi connectivity index (χ2v) is 10.1.